The Morgan fingerprint density at radius 2 is 1.76 bits per heavy atom. The summed E-state index contributed by atoms with van der Waals surface area (Å²) in [7, 11) is 3.31. The van der Waals surface area contributed by atoms with Gasteiger partial charge < -0.3 is 25.0 Å². The normalized spacial score (nSPS) is 11.5. The Kier molecular flexibility index (Phi) is 10.5. The SMILES string of the molecule is CCNC(=NCCN(CC)CC)NCCc1ccc(OC)c(OC)c1. The third-order valence-corrected chi connectivity index (χ3v) is 4.08. The Morgan fingerprint density at radius 3 is 2.36 bits per heavy atom. The van der Waals surface area contributed by atoms with E-state index in [2.05, 4.69) is 47.4 Å². The van der Waals surface area contributed by atoms with Gasteiger partial charge in [0, 0.05) is 19.6 Å². The Balaban J connectivity index is 2.51. The van der Waals surface area contributed by atoms with Gasteiger partial charge in [-0.1, -0.05) is 19.9 Å². The maximum atomic E-state index is 5.35. The monoisotopic (exact) mass is 350 g/mol. The number of hydrogen-bond acceptors (Lipinski definition) is 4. The predicted molar refractivity (Wildman–Crippen MR) is 105 cm³/mol. The molecule has 0 saturated heterocycles. The van der Waals surface area contributed by atoms with Crippen molar-refractivity contribution >= 4 is 5.96 Å². The minimum Gasteiger partial charge on any atom is -0.493 e. The highest BCUT2D eigenvalue weighted by Crippen LogP contribution is 2.27. The van der Waals surface area contributed by atoms with Crippen molar-refractivity contribution in [3.05, 3.63) is 23.8 Å². The average Bonchev–Trinajstić information content (AvgIpc) is 2.65. The van der Waals surface area contributed by atoms with Gasteiger partial charge in [-0.3, -0.25) is 4.99 Å². The van der Waals surface area contributed by atoms with Gasteiger partial charge in [-0.25, -0.2) is 0 Å². The average molecular weight is 351 g/mol. The van der Waals surface area contributed by atoms with E-state index in [9.17, 15) is 0 Å². The lowest BCUT2D eigenvalue weighted by atomic mass is 10.1. The van der Waals surface area contributed by atoms with E-state index in [1.165, 1.54) is 5.56 Å². The number of hydrogen-bond donors (Lipinski definition) is 2. The molecule has 0 bridgehead atoms. The molecule has 142 valence electrons. The first-order chi connectivity index (χ1) is 12.2. The van der Waals surface area contributed by atoms with Crippen LogP contribution in [0.5, 0.6) is 11.5 Å². The first-order valence-corrected chi connectivity index (χ1v) is 9.13. The lowest BCUT2D eigenvalue weighted by Gasteiger charge is -2.17. The Morgan fingerprint density at radius 1 is 1.04 bits per heavy atom. The summed E-state index contributed by atoms with van der Waals surface area (Å²) in [4.78, 5) is 7.02. The number of rotatable bonds is 11. The molecule has 1 aromatic rings. The van der Waals surface area contributed by atoms with Crippen molar-refractivity contribution in [2.45, 2.75) is 27.2 Å². The van der Waals surface area contributed by atoms with Gasteiger partial charge in [0.1, 0.15) is 0 Å². The largest absolute Gasteiger partial charge is 0.493 e. The van der Waals surface area contributed by atoms with Crippen molar-refractivity contribution in [3.63, 3.8) is 0 Å². The molecule has 1 rings (SSSR count). The van der Waals surface area contributed by atoms with E-state index in [4.69, 9.17) is 9.47 Å². The van der Waals surface area contributed by atoms with Crippen LogP contribution in [0.1, 0.15) is 26.3 Å². The molecular formula is C19H34N4O2. The number of aliphatic imine (C=N–C) groups is 1. The standard InChI is InChI=1S/C19H34N4O2/c1-6-20-19(22-13-14-23(7-2)8-3)21-12-11-16-9-10-17(24-4)18(15-16)25-5/h9-10,15H,6-8,11-14H2,1-5H3,(H2,20,21,22). The third kappa shape index (κ3) is 7.65. The Hall–Kier alpha value is -1.95. The number of nitrogens with one attached hydrogen (secondary N) is 2. The Labute approximate surface area is 152 Å². The number of methoxy groups -OCH3 is 2. The van der Waals surface area contributed by atoms with Crippen LogP contribution in [0.15, 0.2) is 23.2 Å². The highest BCUT2D eigenvalue weighted by Gasteiger charge is 2.05. The summed E-state index contributed by atoms with van der Waals surface area (Å²) in [6.45, 7) is 12.0. The lowest BCUT2D eigenvalue weighted by Crippen LogP contribution is -2.39. The first kappa shape index (κ1) is 21.1. The quantitative estimate of drug-likeness (QED) is 0.473. The molecule has 0 radical (unpaired) electrons. The summed E-state index contributed by atoms with van der Waals surface area (Å²) in [6, 6.07) is 6.02. The zero-order valence-corrected chi connectivity index (χ0v) is 16.4. The molecule has 0 spiro atoms. The maximum absolute atomic E-state index is 5.35. The first-order valence-electron chi connectivity index (χ1n) is 9.13. The van der Waals surface area contributed by atoms with Crippen LogP contribution < -0.4 is 20.1 Å². The van der Waals surface area contributed by atoms with Crippen molar-refractivity contribution in [1.82, 2.24) is 15.5 Å². The minimum absolute atomic E-state index is 0.755. The van der Waals surface area contributed by atoms with Gasteiger partial charge in [-0.15, -0.1) is 0 Å². The topological polar surface area (TPSA) is 58.1 Å². The molecule has 6 heteroatoms. The van der Waals surface area contributed by atoms with Crippen molar-refractivity contribution in [2.24, 2.45) is 4.99 Å². The molecule has 25 heavy (non-hydrogen) atoms. The molecule has 0 fully saturated rings. The van der Waals surface area contributed by atoms with Crippen LogP contribution in [0.3, 0.4) is 0 Å². The summed E-state index contributed by atoms with van der Waals surface area (Å²) in [5, 5.41) is 6.69. The number of likely N-dealkylation sites (N-methyl/N-ethyl adjacent to an activating group) is 1. The smallest absolute Gasteiger partial charge is 0.191 e. The van der Waals surface area contributed by atoms with Crippen molar-refractivity contribution in [2.75, 3.05) is 53.5 Å². The molecule has 0 aliphatic carbocycles. The zero-order valence-electron chi connectivity index (χ0n) is 16.4. The highest BCUT2D eigenvalue weighted by molar-refractivity contribution is 5.79. The number of benzene rings is 1. The van der Waals surface area contributed by atoms with Gasteiger partial charge in [0.15, 0.2) is 17.5 Å². The summed E-state index contributed by atoms with van der Waals surface area (Å²) >= 11 is 0. The summed E-state index contributed by atoms with van der Waals surface area (Å²) < 4.78 is 10.6. The summed E-state index contributed by atoms with van der Waals surface area (Å²) in [6.07, 6.45) is 0.890. The van der Waals surface area contributed by atoms with Crippen molar-refractivity contribution < 1.29 is 9.47 Å². The van der Waals surface area contributed by atoms with Crippen LogP contribution in [0.4, 0.5) is 0 Å². The van der Waals surface area contributed by atoms with Crippen molar-refractivity contribution in [1.29, 1.82) is 0 Å². The van der Waals surface area contributed by atoms with E-state index in [1.54, 1.807) is 14.2 Å². The van der Waals surface area contributed by atoms with E-state index >= 15 is 0 Å². The highest BCUT2D eigenvalue weighted by atomic mass is 16.5. The van der Waals surface area contributed by atoms with Crippen LogP contribution >= 0.6 is 0 Å². The van der Waals surface area contributed by atoms with E-state index in [-0.39, 0.29) is 0 Å². The van der Waals surface area contributed by atoms with E-state index < -0.39 is 0 Å². The molecule has 6 nitrogen and oxygen atoms in total. The maximum Gasteiger partial charge on any atom is 0.191 e. The van der Waals surface area contributed by atoms with Crippen LogP contribution in [-0.4, -0.2) is 64.3 Å². The molecular weight excluding hydrogens is 316 g/mol. The van der Waals surface area contributed by atoms with E-state index in [0.29, 0.717) is 0 Å². The molecule has 0 unspecified atom stereocenters. The van der Waals surface area contributed by atoms with Crippen LogP contribution in [0.2, 0.25) is 0 Å². The predicted octanol–water partition coefficient (Wildman–Crippen LogP) is 2.14. The zero-order chi connectivity index (χ0) is 18.5. The molecule has 0 aliphatic rings. The minimum atomic E-state index is 0.755. The second-order valence-electron chi connectivity index (χ2n) is 5.65. The number of nitrogens with zero attached hydrogens (tertiary/aromatic N) is 2. The van der Waals surface area contributed by atoms with Gasteiger partial charge in [0.2, 0.25) is 0 Å². The second kappa shape index (κ2) is 12.4. The summed E-state index contributed by atoms with van der Waals surface area (Å²) in [5.41, 5.74) is 1.20. The van der Waals surface area contributed by atoms with Gasteiger partial charge in [0.05, 0.1) is 20.8 Å². The van der Waals surface area contributed by atoms with Gasteiger partial charge in [0.25, 0.3) is 0 Å². The Bertz CT molecular complexity index is 516. The third-order valence-electron chi connectivity index (χ3n) is 4.08. The molecule has 0 saturated carbocycles. The van der Waals surface area contributed by atoms with E-state index in [1.807, 2.05) is 12.1 Å². The molecule has 0 amide bonds. The molecule has 2 N–H and O–H groups in total. The molecule has 0 aliphatic heterocycles. The van der Waals surface area contributed by atoms with Gasteiger partial charge in [-0.2, -0.15) is 0 Å². The molecule has 0 heterocycles. The number of guanidine groups is 1. The van der Waals surface area contributed by atoms with Gasteiger partial charge in [-0.05, 0) is 44.1 Å². The van der Waals surface area contributed by atoms with Crippen LogP contribution in [-0.2, 0) is 6.42 Å². The van der Waals surface area contributed by atoms with Gasteiger partial charge >= 0.3 is 0 Å². The van der Waals surface area contributed by atoms with Crippen LogP contribution in [0.25, 0.3) is 0 Å². The lowest BCUT2D eigenvalue weighted by molar-refractivity contribution is 0.313. The molecule has 1 aromatic carbocycles. The fourth-order valence-corrected chi connectivity index (χ4v) is 2.55. The molecule has 0 aromatic heterocycles. The fraction of sp³-hybridized carbons (Fsp3) is 0.632. The van der Waals surface area contributed by atoms with Crippen molar-refractivity contribution in [3.8, 4) is 11.5 Å². The number of ether oxygens (including phenoxy) is 2. The van der Waals surface area contributed by atoms with Crippen LogP contribution in [0, 0.1) is 0 Å². The second-order valence-corrected chi connectivity index (χ2v) is 5.65. The molecule has 0 atom stereocenters. The summed E-state index contributed by atoms with van der Waals surface area (Å²) in [5.74, 6) is 2.39. The fourth-order valence-electron chi connectivity index (χ4n) is 2.55. The van der Waals surface area contributed by atoms with E-state index in [0.717, 1.165) is 63.1 Å².